The number of rotatable bonds is 6. The van der Waals surface area contributed by atoms with E-state index in [0.29, 0.717) is 11.3 Å². The Balaban J connectivity index is 1.88. The van der Waals surface area contributed by atoms with E-state index in [0.717, 1.165) is 28.0 Å². The van der Waals surface area contributed by atoms with E-state index in [2.05, 4.69) is 25.2 Å². The van der Waals surface area contributed by atoms with Crippen LogP contribution in [-0.4, -0.2) is 17.6 Å². The van der Waals surface area contributed by atoms with Gasteiger partial charge in [0.25, 0.3) is 5.69 Å². The Bertz CT molecular complexity index is 1410. The van der Waals surface area contributed by atoms with Crippen molar-refractivity contribution in [1.82, 2.24) is 0 Å². The minimum absolute atomic E-state index is 0.0160. The van der Waals surface area contributed by atoms with Crippen molar-refractivity contribution in [2.24, 2.45) is 0 Å². The van der Waals surface area contributed by atoms with Crippen molar-refractivity contribution >= 4 is 16.9 Å². The molecule has 1 heterocycles. The third kappa shape index (κ3) is 4.66. The van der Waals surface area contributed by atoms with Crippen LogP contribution >= 0.6 is 0 Å². The largest absolute Gasteiger partial charge is 0.496 e. The minimum Gasteiger partial charge on any atom is -0.496 e. The molecular weight excluding hydrogens is 449 g/mol. The van der Waals surface area contributed by atoms with Gasteiger partial charge in [-0.1, -0.05) is 12.1 Å². The van der Waals surface area contributed by atoms with Crippen LogP contribution in [-0.2, 0) is 6.61 Å². The number of nitriles is 1. The minimum atomic E-state index is -0.536. The number of nitrogens with zero attached hydrogens (tertiary/aromatic N) is 2. The van der Waals surface area contributed by atoms with E-state index in [4.69, 9.17) is 9.47 Å². The highest BCUT2D eigenvalue weighted by molar-refractivity contribution is 5.88. The van der Waals surface area contributed by atoms with Crippen molar-refractivity contribution in [3.05, 3.63) is 87.2 Å². The van der Waals surface area contributed by atoms with Gasteiger partial charge in [-0.05, 0) is 56.2 Å². The van der Waals surface area contributed by atoms with Crippen LogP contribution in [0.3, 0.4) is 0 Å². The zero-order valence-electron chi connectivity index (χ0n) is 19.8. The third-order valence-corrected chi connectivity index (χ3v) is 5.86. The van der Waals surface area contributed by atoms with Crippen molar-refractivity contribution in [1.29, 1.82) is 5.26 Å². The maximum Gasteiger partial charge on any atom is 0.273 e. The number of anilines is 1. The fourth-order valence-corrected chi connectivity index (χ4v) is 4.48. The summed E-state index contributed by atoms with van der Waals surface area (Å²) in [6.45, 7) is 6.15. The topological polar surface area (TPSA) is 97.4 Å². The molecule has 1 aliphatic rings. The Morgan fingerprint density at radius 3 is 2.54 bits per heavy atom. The lowest BCUT2D eigenvalue weighted by atomic mass is 9.85. The van der Waals surface area contributed by atoms with E-state index in [1.165, 1.54) is 37.4 Å². The van der Waals surface area contributed by atoms with E-state index in [-0.39, 0.29) is 29.1 Å². The van der Waals surface area contributed by atoms with Gasteiger partial charge in [0.05, 0.1) is 29.2 Å². The molecule has 0 fully saturated rings. The van der Waals surface area contributed by atoms with Gasteiger partial charge < -0.3 is 14.8 Å². The Kier molecular flexibility index (Phi) is 6.18. The first-order chi connectivity index (χ1) is 16.6. The van der Waals surface area contributed by atoms with Crippen molar-refractivity contribution in [2.45, 2.75) is 32.9 Å². The van der Waals surface area contributed by atoms with Gasteiger partial charge in [-0.15, -0.1) is 0 Å². The molecule has 0 aliphatic carbocycles. The van der Waals surface area contributed by atoms with E-state index >= 15 is 0 Å². The van der Waals surface area contributed by atoms with Crippen LogP contribution in [0.15, 0.2) is 54.6 Å². The molecule has 3 aromatic rings. The fraction of sp³-hybridized carbons (Fsp3) is 0.222. The SMILES string of the molecule is COc1cc(F)ccc1-c1ccc2c(c1COc1cc([N+](=O)[O-])ccc1C#N)C(C)=CC(C)(C)N2. The molecule has 0 aromatic heterocycles. The number of nitrogens with one attached hydrogen (secondary N) is 1. The molecule has 0 unspecified atom stereocenters. The maximum atomic E-state index is 13.9. The number of non-ortho nitro benzene ring substituents is 1. The van der Waals surface area contributed by atoms with Crippen LogP contribution in [0, 0.1) is 27.3 Å². The molecular formula is C27H24FN3O4. The standard InChI is InChI=1S/C27H24FN3O4/c1-16-13-27(2,3)30-23-10-9-20(21-8-6-18(28)11-25(21)34-4)22(26(16)23)15-35-24-12-19(31(32)33)7-5-17(24)14-29/h5-13,30H,15H2,1-4H3. The van der Waals surface area contributed by atoms with Crippen LogP contribution in [0.1, 0.15) is 37.5 Å². The molecule has 0 amide bonds. The van der Waals surface area contributed by atoms with Crippen LogP contribution < -0.4 is 14.8 Å². The monoisotopic (exact) mass is 473 g/mol. The lowest BCUT2D eigenvalue weighted by Crippen LogP contribution is -2.32. The lowest BCUT2D eigenvalue weighted by Gasteiger charge is -2.33. The smallest absolute Gasteiger partial charge is 0.273 e. The van der Waals surface area contributed by atoms with Crippen LogP contribution in [0.25, 0.3) is 16.7 Å². The molecule has 0 bridgehead atoms. The van der Waals surface area contributed by atoms with Crippen molar-refractivity contribution in [3.8, 4) is 28.7 Å². The van der Waals surface area contributed by atoms with Gasteiger partial charge in [0.1, 0.15) is 30.0 Å². The summed E-state index contributed by atoms with van der Waals surface area (Å²) in [5.74, 6) is 0.0585. The predicted molar refractivity (Wildman–Crippen MR) is 132 cm³/mol. The summed E-state index contributed by atoms with van der Waals surface area (Å²) in [4.78, 5) is 10.7. The van der Waals surface area contributed by atoms with E-state index in [9.17, 15) is 19.8 Å². The second kappa shape index (κ2) is 9.11. The molecule has 178 valence electrons. The summed E-state index contributed by atoms with van der Waals surface area (Å²) in [5, 5.41) is 24.3. The summed E-state index contributed by atoms with van der Waals surface area (Å²) in [6.07, 6.45) is 2.11. The van der Waals surface area contributed by atoms with Crippen molar-refractivity contribution < 1.29 is 18.8 Å². The zero-order valence-corrected chi connectivity index (χ0v) is 19.8. The first-order valence-electron chi connectivity index (χ1n) is 10.9. The number of halogens is 1. The van der Waals surface area contributed by atoms with Gasteiger partial charge in [-0.3, -0.25) is 10.1 Å². The Hall–Kier alpha value is -4.38. The number of allylic oxidation sites excluding steroid dienone is 1. The second-order valence-electron chi connectivity index (χ2n) is 8.87. The average molecular weight is 474 g/mol. The predicted octanol–water partition coefficient (Wildman–Crippen LogP) is 6.47. The number of hydrogen-bond donors (Lipinski definition) is 1. The highest BCUT2D eigenvalue weighted by Gasteiger charge is 2.27. The zero-order chi connectivity index (χ0) is 25.3. The maximum absolute atomic E-state index is 13.9. The molecule has 3 aromatic carbocycles. The number of fused-ring (bicyclic) bond motifs is 1. The van der Waals surface area contributed by atoms with Gasteiger partial charge in [0.15, 0.2) is 0 Å². The first kappa shape index (κ1) is 23.8. The Labute approximate surface area is 202 Å². The highest BCUT2D eigenvalue weighted by atomic mass is 19.1. The van der Waals surface area contributed by atoms with E-state index in [1.54, 1.807) is 6.07 Å². The number of nitro benzene ring substituents is 1. The highest BCUT2D eigenvalue weighted by Crippen LogP contribution is 2.43. The molecule has 1 aliphatic heterocycles. The lowest BCUT2D eigenvalue weighted by molar-refractivity contribution is -0.384. The molecule has 0 atom stereocenters. The summed E-state index contributed by atoms with van der Waals surface area (Å²) < 4.78 is 25.4. The molecule has 1 N–H and O–H groups in total. The van der Waals surface area contributed by atoms with Crippen LogP contribution in [0.2, 0.25) is 0 Å². The van der Waals surface area contributed by atoms with Crippen LogP contribution in [0.4, 0.5) is 15.8 Å². The third-order valence-electron chi connectivity index (χ3n) is 5.86. The average Bonchev–Trinajstić information content (AvgIpc) is 2.81. The van der Waals surface area contributed by atoms with E-state index in [1.807, 2.05) is 25.1 Å². The van der Waals surface area contributed by atoms with Gasteiger partial charge in [0.2, 0.25) is 0 Å². The van der Waals surface area contributed by atoms with Crippen molar-refractivity contribution in [3.63, 3.8) is 0 Å². The normalized spacial score (nSPS) is 13.7. The fourth-order valence-electron chi connectivity index (χ4n) is 4.48. The summed E-state index contributed by atoms with van der Waals surface area (Å²) in [5.41, 5.74) is 4.80. The number of ether oxygens (including phenoxy) is 2. The van der Waals surface area contributed by atoms with Gasteiger partial charge in [-0.25, -0.2) is 4.39 Å². The van der Waals surface area contributed by atoms with Gasteiger partial charge in [-0.2, -0.15) is 5.26 Å². The Morgan fingerprint density at radius 1 is 1.11 bits per heavy atom. The quantitative estimate of drug-likeness (QED) is 0.326. The second-order valence-corrected chi connectivity index (χ2v) is 8.87. The Morgan fingerprint density at radius 2 is 1.86 bits per heavy atom. The molecule has 0 saturated heterocycles. The number of nitro groups is 1. The number of hydrogen-bond acceptors (Lipinski definition) is 6. The molecule has 8 heteroatoms. The first-order valence-corrected chi connectivity index (χ1v) is 10.9. The van der Waals surface area contributed by atoms with Gasteiger partial charge >= 0.3 is 0 Å². The summed E-state index contributed by atoms with van der Waals surface area (Å²) >= 11 is 0. The van der Waals surface area contributed by atoms with E-state index < -0.39 is 10.7 Å². The number of benzene rings is 3. The summed E-state index contributed by atoms with van der Waals surface area (Å²) in [7, 11) is 1.48. The molecule has 0 spiro atoms. The molecule has 7 nitrogen and oxygen atoms in total. The van der Waals surface area contributed by atoms with Crippen molar-refractivity contribution in [2.75, 3.05) is 12.4 Å². The molecule has 35 heavy (non-hydrogen) atoms. The molecule has 4 rings (SSSR count). The summed E-state index contributed by atoms with van der Waals surface area (Å²) in [6, 6.07) is 14.1. The van der Waals surface area contributed by atoms with Gasteiger partial charge in [0, 0.05) is 34.5 Å². The molecule has 0 radical (unpaired) electrons. The molecule has 0 saturated carbocycles. The van der Waals surface area contributed by atoms with Crippen LogP contribution in [0.5, 0.6) is 11.5 Å². The number of methoxy groups -OCH3 is 1.